The predicted molar refractivity (Wildman–Crippen MR) is 109 cm³/mol. The lowest BCUT2D eigenvalue weighted by Crippen LogP contribution is -2.26. The molecule has 28 heavy (non-hydrogen) atoms. The lowest BCUT2D eigenvalue weighted by molar-refractivity contribution is -0.139. The molecule has 146 valence electrons. The van der Waals surface area contributed by atoms with Gasteiger partial charge < -0.3 is 15.2 Å². The number of hydrogen-bond donors (Lipinski definition) is 2. The van der Waals surface area contributed by atoms with Crippen molar-refractivity contribution in [3.8, 4) is 5.75 Å². The number of aromatic nitrogens is 1. The maximum Gasteiger partial charge on any atom is 0.341 e. The second-order valence-electron chi connectivity index (χ2n) is 6.47. The van der Waals surface area contributed by atoms with E-state index in [0.717, 1.165) is 28.9 Å². The van der Waals surface area contributed by atoms with Gasteiger partial charge in [-0.25, -0.2) is 9.78 Å². The Bertz CT molecular complexity index is 919. The Morgan fingerprint density at radius 1 is 1.18 bits per heavy atom. The first kappa shape index (κ1) is 19.8. The third-order valence-corrected chi connectivity index (χ3v) is 5.35. The van der Waals surface area contributed by atoms with Crippen LogP contribution in [0.3, 0.4) is 0 Å². The summed E-state index contributed by atoms with van der Waals surface area (Å²) in [6, 6.07) is 15.0. The zero-order chi connectivity index (χ0) is 19.9. The summed E-state index contributed by atoms with van der Waals surface area (Å²) in [6.07, 6.45) is 1.98. The Hall–Kier alpha value is -2.93. The van der Waals surface area contributed by atoms with Crippen molar-refractivity contribution in [3.63, 3.8) is 0 Å². The molecule has 0 radical (unpaired) electrons. The largest absolute Gasteiger partial charge is 0.482 e. The summed E-state index contributed by atoms with van der Waals surface area (Å²) in [6.45, 7) is 1.54. The summed E-state index contributed by atoms with van der Waals surface area (Å²) in [5.74, 6) is -0.532. The van der Waals surface area contributed by atoms with Gasteiger partial charge in [0, 0.05) is 6.42 Å². The van der Waals surface area contributed by atoms with Crippen LogP contribution < -0.4 is 10.1 Å². The van der Waals surface area contributed by atoms with Gasteiger partial charge >= 0.3 is 5.97 Å². The van der Waals surface area contributed by atoms with E-state index in [1.165, 1.54) is 4.70 Å². The van der Waals surface area contributed by atoms with Crippen LogP contribution in [0, 0.1) is 0 Å². The molecule has 7 heteroatoms. The molecule has 0 aliphatic rings. The normalized spacial score (nSPS) is 11.9. The highest BCUT2D eigenvalue weighted by Crippen LogP contribution is 2.23. The summed E-state index contributed by atoms with van der Waals surface area (Å²) in [5, 5.41) is 12.7. The number of carboxylic acids is 1. The maximum atomic E-state index is 12.2. The molecular weight excluding hydrogens is 376 g/mol. The Balaban J connectivity index is 1.44. The molecule has 3 aromatic rings. The summed E-state index contributed by atoms with van der Waals surface area (Å²) >= 11 is 1.68. The third kappa shape index (κ3) is 5.53. The minimum Gasteiger partial charge on any atom is -0.482 e. The van der Waals surface area contributed by atoms with Crippen molar-refractivity contribution in [2.24, 2.45) is 0 Å². The van der Waals surface area contributed by atoms with E-state index in [1.807, 2.05) is 37.3 Å². The fourth-order valence-corrected chi connectivity index (χ4v) is 3.83. The first-order chi connectivity index (χ1) is 13.5. The second-order valence-corrected chi connectivity index (χ2v) is 7.58. The van der Waals surface area contributed by atoms with E-state index in [-0.39, 0.29) is 18.6 Å². The highest BCUT2D eigenvalue weighted by Gasteiger charge is 2.11. The second kappa shape index (κ2) is 9.32. The van der Waals surface area contributed by atoms with Crippen molar-refractivity contribution in [1.29, 1.82) is 0 Å². The van der Waals surface area contributed by atoms with Crippen molar-refractivity contribution in [3.05, 3.63) is 59.1 Å². The molecule has 2 aromatic carbocycles. The van der Waals surface area contributed by atoms with Crippen LogP contribution in [-0.2, 0) is 16.0 Å². The number of carboxylic acid groups (broad SMARTS) is 1. The summed E-state index contributed by atoms with van der Waals surface area (Å²) in [5.41, 5.74) is 1.94. The van der Waals surface area contributed by atoms with E-state index in [9.17, 15) is 9.59 Å². The van der Waals surface area contributed by atoms with Gasteiger partial charge in [-0.1, -0.05) is 24.3 Å². The number of para-hydroxylation sites is 1. The number of carbonyl (C=O) groups excluding carboxylic acids is 1. The van der Waals surface area contributed by atoms with Crippen molar-refractivity contribution in [1.82, 2.24) is 10.3 Å². The van der Waals surface area contributed by atoms with E-state index in [0.29, 0.717) is 12.2 Å². The molecule has 0 aliphatic heterocycles. The number of ether oxygens (including phenoxy) is 1. The van der Waals surface area contributed by atoms with Crippen molar-refractivity contribution < 1.29 is 19.4 Å². The monoisotopic (exact) mass is 398 g/mol. The first-order valence-electron chi connectivity index (χ1n) is 9.09. The van der Waals surface area contributed by atoms with Gasteiger partial charge in [-0.2, -0.15) is 0 Å². The van der Waals surface area contributed by atoms with Gasteiger partial charge in [0.25, 0.3) is 0 Å². The summed E-state index contributed by atoms with van der Waals surface area (Å²) < 4.78 is 6.28. The fourth-order valence-electron chi connectivity index (χ4n) is 2.82. The lowest BCUT2D eigenvalue weighted by Gasteiger charge is -2.15. The molecule has 0 bridgehead atoms. The van der Waals surface area contributed by atoms with Crippen LogP contribution in [-0.4, -0.2) is 28.6 Å². The van der Waals surface area contributed by atoms with Crippen molar-refractivity contribution in [2.45, 2.75) is 32.2 Å². The molecule has 0 saturated heterocycles. The van der Waals surface area contributed by atoms with Crippen LogP contribution in [0.2, 0.25) is 0 Å². The number of carbonyl (C=O) groups is 2. The number of rotatable bonds is 9. The van der Waals surface area contributed by atoms with Gasteiger partial charge in [-0.15, -0.1) is 11.3 Å². The zero-order valence-electron chi connectivity index (χ0n) is 15.6. The number of aliphatic carboxylic acids is 1. The van der Waals surface area contributed by atoms with Crippen LogP contribution in [0.1, 0.15) is 36.4 Å². The first-order valence-corrected chi connectivity index (χ1v) is 9.91. The van der Waals surface area contributed by atoms with Gasteiger partial charge in [0.2, 0.25) is 5.91 Å². The standard InChI is InChI=1S/C21H22N2O4S/c1-14(15-9-11-16(12-10-15)27-13-21(25)26)22-19(24)7-4-8-20-23-17-5-2-3-6-18(17)28-20/h2-3,5-6,9-12,14H,4,7-8,13H2,1H3,(H,22,24)(H,25,26). The van der Waals surface area contributed by atoms with E-state index < -0.39 is 5.97 Å². The third-order valence-electron chi connectivity index (χ3n) is 4.25. The Labute approximate surface area is 167 Å². The van der Waals surface area contributed by atoms with Gasteiger partial charge in [0.1, 0.15) is 5.75 Å². The molecule has 0 fully saturated rings. The van der Waals surface area contributed by atoms with Crippen molar-refractivity contribution >= 4 is 33.4 Å². The van der Waals surface area contributed by atoms with Crippen LogP contribution in [0.5, 0.6) is 5.75 Å². The van der Waals surface area contributed by atoms with E-state index in [1.54, 1.807) is 23.5 Å². The average molecular weight is 398 g/mol. The fraction of sp³-hybridized carbons (Fsp3) is 0.286. The Morgan fingerprint density at radius 2 is 1.93 bits per heavy atom. The summed E-state index contributed by atoms with van der Waals surface area (Å²) in [4.78, 5) is 27.3. The van der Waals surface area contributed by atoms with Gasteiger partial charge in [0.05, 0.1) is 21.3 Å². The van der Waals surface area contributed by atoms with E-state index in [4.69, 9.17) is 9.84 Å². The molecule has 1 aromatic heterocycles. The molecule has 6 nitrogen and oxygen atoms in total. The topological polar surface area (TPSA) is 88.5 Å². The molecule has 0 saturated carbocycles. The average Bonchev–Trinajstić information content (AvgIpc) is 3.09. The number of benzene rings is 2. The van der Waals surface area contributed by atoms with Gasteiger partial charge in [-0.05, 0) is 49.6 Å². The lowest BCUT2D eigenvalue weighted by atomic mass is 10.1. The highest BCUT2D eigenvalue weighted by atomic mass is 32.1. The van der Waals surface area contributed by atoms with Crippen LogP contribution in [0.25, 0.3) is 10.2 Å². The number of nitrogens with one attached hydrogen (secondary N) is 1. The predicted octanol–water partition coefficient (Wildman–Crippen LogP) is 3.96. The number of nitrogens with zero attached hydrogens (tertiary/aromatic N) is 1. The Morgan fingerprint density at radius 3 is 2.64 bits per heavy atom. The molecular formula is C21H22N2O4S. The quantitative estimate of drug-likeness (QED) is 0.570. The SMILES string of the molecule is CC(NC(=O)CCCc1nc2ccccc2s1)c1ccc(OCC(=O)O)cc1. The molecule has 0 aliphatic carbocycles. The highest BCUT2D eigenvalue weighted by molar-refractivity contribution is 7.18. The van der Waals surface area contributed by atoms with Crippen LogP contribution in [0.4, 0.5) is 0 Å². The minimum absolute atomic E-state index is 0.000171. The molecule has 1 amide bonds. The van der Waals surface area contributed by atoms with Crippen LogP contribution in [0.15, 0.2) is 48.5 Å². The molecule has 1 heterocycles. The maximum absolute atomic E-state index is 12.2. The molecule has 1 atom stereocenters. The molecule has 1 unspecified atom stereocenters. The zero-order valence-corrected chi connectivity index (χ0v) is 16.4. The van der Waals surface area contributed by atoms with Gasteiger partial charge in [0.15, 0.2) is 6.61 Å². The number of thiazole rings is 1. The Kier molecular flexibility index (Phi) is 6.60. The number of aryl methyl sites for hydroxylation is 1. The van der Waals surface area contributed by atoms with Gasteiger partial charge in [-0.3, -0.25) is 4.79 Å². The van der Waals surface area contributed by atoms with E-state index in [2.05, 4.69) is 16.4 Å². The smallest absolute Gasteiger partial charge is 0.341 e. The van der Waals surface area contributed by atoms with Crippen molar-refractivity contribution in [2.75, 3.05) is 6.61 Å². The molecule has 3 rings (SSSR count). The number of amides is 1. The minimum atomic E-state index is -1.02. The number of hydrogen-bond acceptors (Lipinski definition) is 5. The van der Waals surface area contributed by atoms with E-state index >= 15 is 0 Å². The summed E-state index contributed by atoms with van der Waals surface area (Å²) in [7, 11) is 0. The number of fused-ring (bicyclic) bond motifs is 1. The molecule has 2 N–H and O–H groups in total. The molecule has 0 spiro atoms. The van der Waals surface area contributed by atoms with Crippen LogP contribution >= 0.6 is 11.3 Å².